The lowest BCUT2D eigenvalue weighted by atomic mass is 10.3. The minimum Gasteiger partial charge on any atom is -0.302 e. The number of nitrogens with one attached hydrogen (secondary N) is 3. The van der Waals surface area contributed by atoms with Crippen LogP contribution in [0, 0.1) is 10.1 Å². The van der Waals surface area contributed by atoms with Crippen molar-refractivity contribution < 1.29 is 9.72 Å². The van der Waals surface area contributed by atoms with E-state index < -0.39 is 4.92 Å². The molecule has 0 aromatic heterocycles. The van der Waals surface area contributed by atoms with E-state index in [1.807, 2.05) is 6.92 Å². The number of hydrazine groups is 1. The molecule has 0 spiro atoms. The Morgan fingerprint density at radius 1 is 1.37 bits per heavy atom. The van der Waals surface area contributed by atoms with Gasteiger partial charge in [-0.15, -0.1) is 0 Å². The molecule has 0 aliphatic heterocycles. The Kier molecular flexibility index (Phi) is 5.68. The Hall–Kier alpha value is -2.22. The normalized spacial score (nSPS) is 9.53. The molecule has 1 aromatic carbocycles. The molecule has 7 nitrogen and oxygen atoms in total. The molecule has 19 heavy (non-hydrogen) atoms. The molecule has 3 N–H and O–H groups in total. The van der Waals surface area contributed by atoms with Crippen molar-refractivity contribution in [3.8, 4) is 0 Å². The number of hydrogen-bond acceptors (Lipinski definition) is 5. The fourth-order valence-electron chi connectivity index (χ4n) is 1.24. The summed E-state index contributed by atoms with van der Waals surface area (Å²) in [7, 11) is 0. The van der Waals surface area contributed by atoms with Crippen LogP contribution in [0.5, 0.6) is 0 Å². The van der Waals surface area contributed by atoms with Crippen molar-refractivity contribution in [2.75, 3.05) is 5.43 Å². The van der Waals surface area contributed by atoms with Gasteiger partial charge in [-0.3, -0.25) is 25.8 Å². The first-order chi connectivity index (χ1) is 9.02. The molecule has 0 unspecified atom stereocenters. The number of amides is 1. The maximum atomic E-state index is 11.2. The van der Waals surface area contributed by atoms with Crippen LogP contribution in [0.4, 0.5) is 11.4 Å². The second-order valence-corrected chi connectivity index (χ2v) is 4.09. The summed E-state index contributed by atoms with van der Waals surface area (Å²) in [5.41, 5.74) is 5.95. The van der Waals surface area contributed by atoms with E-state index in [2.05, 4.69) is 16.2 Å². The van der Waals surface area contributed by atoms with Crippen molar-refractivity contribution in [2.24, 2.45) is 0 Å². The minimum absolute atomic E-state index is 0.00405. The van der Waals surface area contributed by atoms with Crippen LogP contribution in [0.15, 0.2) is 24.3 Å². The third kappa shape index (κ3) is 5.30. The average Bonchev–Trinajstić information content (AvgIpc) is 2.37. The van der Waals surface area contributed by atoms with Gasteiger partial charge in [-0.1, -0.05) is 6.92 Å². The highest BCUT2D eigenvalue weighted by Gasteiger charge is 2.05. The van der Waals surface area contributed by atoms with E-state index in [0.717, 1.165) is 6.42 Å². The molecule has 1 rings (SSSR count). The summed E-state index contributed by atoms with van der Waals surface area (Å²) in [6.45, 7) is 1.89. The van der Waals surface area contributed by atoms with Crippen LogP contribution in [-0.4, -0.2) is 15.9 Å². The van der Waals surface area contributed by atoms with Crippen LogP contribution in [0.3, 0.4) is 0 Å². The predicted molar refractivity (Wildman–Crippen MR) is 75.5 cm³/mol. The first-order valence-electron chi connectivity index (χ1n) is 5.63. The topological polar surface area (TPSA) is 96.3 Å². The lowest BCUT2D eigenvalue weighted by Gasteiger charge is -2.11. The van der Waals surface area contributed by atoms with Gasteiger partial charge in [-0.2, -0.15) is 0 Å². The molecule has 0 heterocycles. The van der Waals surface area contributed by atoms with Gasteiger partial charge in [0.1, 0.15) is 0 Å². The van der Waals surface area contributed by atoms with E-state index in [1.54, 1.807) is 0 Å². The van der Waals surface area contributed by atoms with Crippen LogP contribution in [0.1, 0.15) is 19.8 Å². The third-order valence-electron chi connectivity index (χ3n) is 2.13. The first kappa shape index (κ1) is 14.8. The Morgan fingerprint density at radius 2 is 2.00 bits per heavy atom. The Balaban J connectivity index is 2.42. The SMILES string of the molecule is CCCC(=O)NC(=S)NNc1ccc([N+](=O)[O-])cc1. The zero-order valence-corrected chi connectivity index (χ0v) is 11.1. The van der Waals surface area contributed by atoms with E-state index >= 15 is 0 Å². The second-order valence-electron chi connectivity index (χ2n) is 3.68. The quantitative estimate of drug-likeness (QED) is 0.432. The maximum absolute atomic E-state index is 11.2. The Labute approximate surface area is 115 Å². The van der Waals surface area contributed by atoms with Crippen molar-refractivity contribution >= 4 is 34.6 Å². The monoisotopic (exact) mass is 282 g/mol. The highest BCUT2D eigenvalue weighted by molar-refractivity contribution is 7.80. The molecule has 0 saturated carbocycles. The lowest BCUT2D eigenvalue weighted by Crippen LogP contribution is -2.41. The molecule has 0 atom stereocenters. The van der Waals surface area contributed by atoms with Gasteiger partial charge in [0.25, 0.3) is 5.69 Å². The van der Waals surface area contributed by atoms with Gasteiger partial charge < -0.3 is 5.32 Å². The van der Waals surface area contributed by atoms with Crippen LogP contribution in [0.25, 0.3) is 0 Å². The molecule has 0 radical (unpaired) electrons. The van der Waals surface area contributed by atoms with Crippen molar-refractivity contribution in [2.45, 2.75) is 19.8 Å². The van der Waals surface area contributed by atoms with Crippen molar-refractivity contribution in [1.29, 1.82) is 0 Å². The first-order valence-corrected chi connectivity index (χ1v) is 6.04. The predicted octanol–water partition coefficient (Wildman–Crippen LogP) is 1.71. The van der Waals surface area contributed by atoms with Crippen LogP contribution in [0.2, 0.25) is 0 Å². The van der Waals surface area contributed by atoms with E-state index in [0.29, 0.717) is 12.1 Å². The molecule has 8 heteroatoms. The van der Waals surface area contributed by atoms with E-state index in [9.17, 15) is 14.9 Å². The number of benzene rings is 1. The van der Waals surface area contributed by atoms with Gasteiger partial charge >= 0.3 is 0 Å². The van der Waals surface area contributed by atoms with Gasteiger partial charge in [-0.05, 0) is 30.8 Å². The van der Waals surface area contributed by atoms with Crippen LogP contribution >= 0.6 is 12.2 Å². The van der Waals surface area contributed by atoms with Gasteiger partial charge in [0.05, 0.1) is 10.6 Å². The Bertz CT molecular complexity index is 475. The zero-order chi connectivity index (χ0) is 14.3. The average molecular weight is 282 g/mol. The van der Waals surface area contributed by atoms with Gasteiger partial charge in [0, 0.05) is 18.6 Å². The third-order valence-corrected chi connectivity index (χ3v) is 2.33. The van der Waals surface area contributed by atoms with Crippen molar-refractivity contribution in [3.05, 3.63) is 34.4 Å². The molecular formula is C11H14N4O3S. The van der Waals surface area contributed by atoms with E-state index in [-0.39, 0.29) is 16.7 Å². The number of nitrogens with zero attached hydrogens (tertiary/aromatic N) is 1. The summed E-state index contributed by atoms with van der Waals surface area (Å²) in [5, 5.41) is 13.1. The number of nitro benzene ring substituents is 1. The largest absolute Gasteiger partial charge is 0.302 e. The van der Waals surface area contributed by atoms with E-state index in [4.69, 9.17) is 12.2 Å². The zero-order valence-electron chi connectivity index (χ0n) is 10.3. The second kappa shape index (κ2) is 7.27. The Morgan fingerprint density at radius 3 is 2.53 bits per heavy atom. The molecule has 0 fully saturated rings. The molecule has 1 amide bonds. The summed E-state index contributed by atoms with van der Waals surface area (Å²) in [6, 6.07) is 5.79. The molecule has 0 aliphatic carbocycles. The number of carbonyl (C=O) groups excluding carboxylic acids is 1. The highest BCUT2D eigenvalue weighted by atomic mass is 32.1. The number of nitro groups is 1. The lowest BCUT2D eigenvalue weighted by molar-refractivity contribution is -0.384. The van der Waals surface area contributed by atoms with Crippen molar-refractivity contribution in [3.63, 3.8) is 0 Å². The number of carbonyl (C=O) groups is 1. The van der Waals surface area contributed by atoms with Crippen LogP contribution < -0.4 is 16.2 Å². The minimum atomic E-state index is -0.479. The summed E-state index contributed by atoms with van der Waals surface area (Å²) in [4.78, 5) is 21.2. The number of anilines is 1. The fraction of sp³-hybridized carbons (Fsp3) is 0.273. The summed E-state index contributed by atoms with van der Waals surface area (Å²) in [6.07, 6.45) is 1.14. The number of hydrogen-bond donors (Lipinski definition) is 3. The molecule has 1 aromatic rings. The van der Waals surface area contributed by atoms with Gasteiger partial charge in [0.2, 0.25) is 5.91 Å². The van der Waals surface area contributed by atoms with Gasteiger partial charge in [0.15, 0.2) is 5.11 Å². The highest BCUT2D eigenvalue weighted by Crippen LogP contribution is 2.14. The van der Waals surface area contributed by atoms with Crippen LogP contribution in [-0.2, 0) is 4.79 Å². The molecule has 0 bridgehead atoms. The molecular weight excluding hydrogens is 268 g/mol. The number of non-ortho nitro benzene ring substituents is 1. The number of rotatable bonds is 5. The fourth-order valence-corrected chi connectivity index (χ4v) is 1.41. The van der Waals surface area contributed by atoms with Gasteiger partial charge in [-0.25, -0.2) is 0 Å². The standard InChI is InChI=1S/C11H14N4O3S/c1-2-3-10(16)12-11(19)14-13-8-4-6-9(7-5-8)15(17)18/h4-7,13H,2-3H2,1H3,(H2,12,14,16,19). The summed E-state index contributed by atoms with van der Waals surface area (Å²) >= 11 is 4.90. The summed E-state index contributed by atoms with van der Waals surface area (Å²) in [5.74, 6) is -0.162. The number of thiocarbonyl (C=S) groups is 1. The maximum Gasteiger partial charge on any atom is 0.269 e. The smallest absolute Gasteiger partial charge is 0.269 e. The molecule has 0 saturated heterocycles. The van der Waals surface area contributed by atoms with Crippen molar-refractivity contribution in [1.82, 2.24) is 10.7 Å². The molecule has 102 valence electrons. The molecule has 0 aliphatic rings. The van der Waals surface area contributed by atoms with E-state index in [1.165, 1.54) is 24.3 Å². The summed E-state index contributed by atoms with van der Waals surface area (Å²) < 4.78 is 0.